The lowest BCUT2D eigenvalue weighted by Gasteiger charge is -2.27. The predicted molar refractivity (Wildman–Crippen MR) is 277 cm³/mol. The van der Waals surface area contributed by atoms with Gasteiger partial charge in [0, 0.05) is 71.4 Å². The van der Waals surface area contributed by atoms with Crippen molar-refractivity contribution in [2.45, 2.75) is 69.9 Å². The number of fused-ring (bicyclic) bond motifs is 2. The van der Waals surface area contributed by atoms with Crippen LogP contribution in [-0.4, -0.2) is 73.5 Å². The summed E-state index contributed by atoms with van der Waals surface area (Å²) in [6.45, 7) is 4.88. The van der Waals surface area contributed by atoms with Gasteiger partial charge in [0.2, 0.25) is 11.8 Å². The third-order valence-electron chi connectivity index (χ3n) is 13.3. The number of rotatable bonds is 12. The highest BCUT2D eigenvalue weighted by atomic mass is 16.6. The van der Waals surface area contributed by atoms with Crippen LogP contribution in [0.15, 0.2) is 167 Å². The molecular weight excluding hydrogens is 931 g/mol. The molecule has 2 fully saturated rings. The van der Waals surface area contributed by atoms with Gasteiger partial charge in [-0.05, 0) is 123 Å². The summed E-state index contributed by atoms with van der Waals surface area (Å²) in [5, 5.41) is 32.3. The monoisotopic (exact) mass is 983 g/mol. The van der Waals surface area contributed by atoms with E-state index in [9.17, 15) is 39.4 Å². The molecule has 2 aliphatic rings. The minimum Gasteiger partial charge on any atom is -0.480 e. The van der Waals surface area contributed by atoms with Crippen molar-refractivity contribution >= 4 is 62.6 Å². The zero-order valence-electron chi connectivity index (χ0n) is 40.2. The number of nitrogen functional groups attached to an aromatic ring is 1. The van der Waals surface area contributed by atoms with E-state index in [1.165, 1.54) is 29.2 Å². The van der Waals surface area contributed by atoms with Gasteiger partial charge in [0.1, 0.15) is 28.7 Å². The number of hydrogen-bond acceptors (Lipinski definition) is 11. The molecule has 0 aliphatic carbocycles. The number of non-ortho nitro benzene ring substituents is 2. The Morgan fingerprint density at radius 1 is 0.603 bits per heavy atom. The quantitative estimate of drug-likeness (QED) is 0.0661. The van der Waals surface area contributed by atoms with E-state index in [0.717, 1.165) is 57.0 Å². The highest BCUT2D eigenvalue weighted by Crippen LogP contribution is 2.33. The SMILES string of the molecule is C[C@@H](C(=O)N1CCCC1C(=O)Cc1ccc2oc(-c3ccc([N+](=O)[O-])cc3)cc2c1)c1ccccc1.C[C@@H](C(=O)N1CCCC1C(=O)O)c1ccccc1.Nc1ccc2oc(-c3ccc([N+](=O)[O-])cc3)cc2c1. The first-order valence-corrected chi connectivity index (χ1v) is 23.9. The molecule has 0 radical (unpaired) electrons. The second-order valence-corrected chi connectivity index (χ2v) is 18.1. The summed E-state index contributed by atoms with van der Waals surface area (Å²) < 4.78 is 11.6. The maximum Gasteiger partial charge on any atom is 0.326 e. The fraction of sp³-hybridized carbons (Fsp3) is 0.228. The van der Waals surface area contributed by atoms with Crippen molar-refractivity contribution in [3.05, 3.63) is 195 Å². The summed E-state index contributed by atoms with van der Waals surface area (Å²) in [5.74, 6) is -0.269. The van der Waals surface area contributed by atoms with Gasteiger partial charge in [0.25, 0.3) is 11.4 Å². The van der Waals surface area contributed by atoms with Crippen molar-refractivity contribution in [3.8, 4) is 22.6 Å². The number of nitrogens with two attached hydrogens (primary N) is 1. The highest BCUT2D eigenvalue weighted by Gasteiger charge is 2.37. The Hall–Kier alpha value is -8.92. The fourth-order valence-electron chi connectivity index (χ4n) is 9.28. The summed E-state index contributed by atoms with van der Waals surface area (Å²) >= 11 is 0. The van der Waals surface area contributed by atoms with E-state index in [1.54, 1.807) is 41.3 Å². The molecule has 8 aromatic rings. The Bertz CT molecular complexity index is 3280. The standard InChI is InChI=1S/C29H26N2O5.C14H10N2O3.C14H17NO3/c1-19(21-6-3-2-4-7-21)29(33)30-15-5-8-25(30)26(32)17-20-9-14-27-23(16-20)18-28(36-27)22-10-12-24(13-11-22)31(34)35;15-11-3-6-13-10(7-11)8-14(19-13)9-1-4-12(5-2-9)16(17)18;1-10(11-6-3-2-4-7-11)13(16)15-9-5-8-12(15)14(17)18/h2-4,6-7,9-14,16,18-19,25H,5,8,15,17H2,1H3;1-8H,15H2;2-4,6-7,10,12H,5,8-9H2,1H3,(H,17,18)/t19-,25?;;10-,12?/m1.1/s1. The summed E-state index contributed by atoms with van der Waals surface area (Å²) in [7, 11) is 0. The molecule has 3 N–H and O–H groups in total. The molecule has 2 unspecified atom stereocenters. The van der Waals surface area contributed by atoms with Gasteiger partial charge in [-0.15, -0.1) is 0 Å². The van der Waals surface area contributed by atoms with Crippen molar-refractivity contribution in [2.75, 3.05) is 18.8 Å². The number of ketones is 1. The average molecular weight is 984 g/mol. The molecule has 0 spiro atoms. The Morgan fingerprint density at radius 3 is 1.51 bits per heavy atom. The molecule has 16 heteroatoms. The molecule has 2 aromatic heterocycles. The van der Waals surface area contributed by atoms with Crippen LogP contribution >= 0.6 is 0 Å². The molecule has 372 valence electrons. The first-order valence-electron chi connectivity index (χ1n) is 23.9. The van der Waals surface area contributed by atoms with Crippen LogP contribution in [0.1, 0.15) is 68.1 Å². The zero-order chi connectivity index (χ0) is 51.8. The van der Waals surface area contributed by atoms with Crippen molar-refractivity contribution < 1.29 is 43.0 Å². The second kappa shape index (κ2) is 22.4. The summed E-state index contributed by atoms with van der Waals surface area (Å²) in [5.41, 5.74) is 12.1. The molecule has 73 heavy (non-hydrogen) atoms. The van der Waals surface area contributed by atoms with Crippen molar-refractivity contribution in [3.63, 3.8) is 0 Å². The zero-order valence-corrected chi connectivity index (χ0v) is 40.2. The van der Waals surface area contributed by atoms with E-state index in [-0.39, 0.29) is 47.2 Å². The molecular formula is C57H53N5O11. The number of nitrogens with zero attached hydrogens (tertiary/aromatic N) is 4. The van der Waals surface area contributed by atoms with Gasteiger partial charge >= 0.3 is 5.97 Å². The van der Waals surface area contributed by atoms with E-state index >= 15 is 0 Å². The number of furan rings is 2. The number of carboxylic acid groups (broad SMARTS) is 1. The number of carbonyl (C=O) groups excluding carboxylic acids is 3. The fourth-order valence-corrected chi connectivity index (χ4v) is 9.28. The Kier molecular flexibility index (Phi) is 15.5. The summed E-state index contributed by atoms with van der Waals surface area (Å²) in [4.78, 5) is 73.8. The minimum absolute atomic E-state index is 0.00456. The van der Waals surface area contributed by atoms with Gasteiger partial charge in [-0.3, -0.25) is 34.6 Å². The highest BCUT2D eigenvalue weighted by molar-refractivity contribution is 5.94. The number of aliphatic carboxylic acids is 1. The lowest BCUT2D eigenvalue weighted by molar-refractivity contribution is -0.385. The van der Waals surface area contributed by atoms with Crippen molar-refractivity contribution in [1.29, 1.82) is 0 Å². The van der Waals surface area contributed by atoms with Gasteiger partial charge in [0.05, 0.1) is 27.7 Å². The molecule has 16 nitrogen and oxygen atoms in total. The van der Waals surface area contributed by atoms with Gasteiger partial charge in [0.15, 0.2) is 5.78 Å². The summed E-state index contributed by atoms with van der Waals surface area (Å²) in [6, 6.07) is 45.3. The van der Waals surface area contributed by atoms with E-state index in [2.05, 4.69) is 0 Å². The molecule has 0 saturated carbocycles. The normalized spacial score (nSPS) is 15.9. The average Bonchev–Trinajstić information content (AvgIpc) is 4.26. The van der Waals surface area contributed by atoms with Crippen molar-refractivity contribution in [1.82, 2.24) is 9.80 Å². The molecule has 2 saturated heterocycles. The Morgan fingerprint density at radius 2 is 1.04 bits per heavy atom. The molecule has 2 aliphatic heterocycles. The van der Waals surface area contributed by atoms with Crippen LogP contribution in [0, 0.1) is 20.2 Å². The smallest absolute Gasteiger partial charge is 0.326 e. The number of anilines is 1. The van der Waals surface area contributed by atoms with E-state index in [0.29, 0.717) is 48.7 Å². The third-order valence-corrected chi connectivity index (χ3v) is 13.3. The predicted octanol–water partition coefficient (Wildman–Crippen LogP) is 11.4. The molecule has 4 atom stereocenters. The number of likely N-dealkylation sites (tertiary alicyclic amines) is 2. The summed E-state index contributed by atoms with van der Waals surface area (Å²) in [6.07, 6.45) is 3.07. The van der Waals surface area contributed by atoms with Gasteiger partial charge < -0.3 is 29.5 Å². The molecule has 4 heterocycles. The first kappa shape index (κ1) is 50.5. The van der Waals surface area contributed by atoms with Gasteiger partial charge in [-0.25, -0.2) is 4.79 Å². The van der Waals surface area contributed by atoms with Crippen LogP contribution < -0.4 is 5.73 Å². The second-order valence-electron chi connectivity index (χ2n) is 18.1. The van der Waals surface area contributed by atoms with Crippen LogP contribution in [0.2, 0.25) is 0 Å². The van der Waals surface area contributed by atoms with E-state index < -0.39 is 27.9 Å². The minimum atomic E-state index is -0.902. The number of carbonyl (C=O) groups is 4. The van der Waals surface area contributed by atoms with Crippen LogP contribution in [0.25, 0.3) is 44.6 Å². The number of benzene rings is 6. The lowest BCUT2D eigenvalue weighted by Crippen LogP contribution is -2.43. The molecule has 10 rings (SSSR count). The number of Topliss-reactive ketones (excluding diaryl/α,β-unsaturated/α-hetero) is 1. The Balaban J connectivity index is 0.000000161. The molecule has 0 bridgehead atoms. The topological polar surface area (TPSA) is 234 Å². The number of hydrogen-bond donors (Lipinski definition) is 2. The maximum atomic E-state index is 13.3. The molecule has 6 aromatic carbocycles. The first-order chi connectivity index (χ1) is 35.1. The Labute approximate surface area is 419 Å². The van der Waals surface area contributed by atoms with Crippen LogP contribution in [-0.2, 0) is 25.6 Å². The maximum absolute atomic E-state index is 13.3. The van der Waals surface area contributed by atoms with Gasteiger partial charge in [-0.1, -0.05) is 66.7 Å². The molecule has 2 amide bonds. The lowest BCUT2D eigenvalue weighted by atomic mass is 9.97. The third kappa shape index (κ3) is 11.8. The number of carboxylic acids is 1. The van der Waals surface area contributed by atoms with E-state index in [4.69, 9.17) is 19.7 Å². The van der Waals surface area contributed by atoms with Crippen LogP contribution in [0.4, 0.5) is 17.1 Å². The van der Waals surface area contributed by atoms with E-state index in [1.807, 2.05) is 111 Å². The number of nitro benzene ring substituents is 2. The number of nitro groups is 2. The number of amides is 2. The van der Waals surface area contributed by atoms with Crippen LogP contribution in [0.3, 0.4) is 0 Å². The van der Waals surface area contributed by atoms with Crippen LogP contribution in [0.5, 0.6) is 0 Å². The largest absolute Gasteiger partial charge is 0.480 e. The van der Waals surface area contributed by atoms with Crippen molar-refractivity contribution in [2.24, 2.45) is 0 Å². The van der Waals surface area contributed by atoms with Gasteiger partial charge in [-0.2, -0.15) is 0 Å².